The molecule has 2 aromatic rings. The lowest BCUT2D eigenvalue weighted by Crippen LogP contribution is -2.34. The van der Waals surface area contributed by atoms with Crippen molar-refractivity contribution < 1.29 is 14.3 Å². The zero-order chi connectivity index (χ0) is 17.9. The number of nitrogens with zero attached hydrogens (tertiary/aromatic N) is 1. The highest BCUT2D eigenvalue weighted by Crippen LogP contribution is 2.27. The summed E-state index contributed by atoms with van der Waals surface area (Å²) in [5, 5.41) is 9.01. The van der Waals surface area contributed by atoms with Gasteiger partial charge < -0.3 is 9.52 Å². The molecule has 0 atom stereocenters. The van der Waals surface area contributed by atoms with E-state index in [0.717, 1.165) is 17.1 Å². The van der Waals surface area contributed by atoms with E-state index >= 15 is 0 Å². The Balaban J connectivity index is 2.13. The average molecular weight is 329 g/mol. The predicted octanol–water partition coefficient (Wildman–Crippen LogP) is 4.54. The van der Waals surface area contributed by atoms with Gasteiger partial charge in [0.2, 0.25) is 0 Å². The van der Waals surface area contributed by atoms with Gasteiger partial charge in [-0.05, 0) is 37.0 Å². The Morgan fingerprint density at radius 2 is 1.75 bits per heavy atom. The molecule has 0 radical (unpaired) electrons. The third kappa shape index (κ3) is 4.71. The highest BCUT2D eigenvalue weighted by Gasteiger charge is 2.17. The Hall–Kier alpha value is -2.07. The first kappa shape index (κ1) is 18.3. The van der Waals surface area contributed by atoms with Crippen molar-refractivity contribution in [2.75, 3.05) is 6.54 Å². The van der Waals surface area contributed by atoms with Crippen LogP contribution in [0.5, 0.6) is 0 Å². The van der Waals surface area contributed by atoms with Gasteiger partial charge in [-0.2, -0.15) is 0 Å². The fourth-order valence-electron chi connectivity index (χ4n) is 2.55. The van der Waals surface area contributed by atoms with Crippen LogP contribution in [0.1, 0.15) is 45.9 Å². The molecule has 0 saturated carbocycles. The number of furan rings is 1. The maximum atomic E-state index is 11.0. The van der Waals surface area contributed by atoms with Crippen molar-refractivity contribution in [3.8, 4) is 11.3 Å². The van der Waals surface area contributed by atoms with E-state index in [1.165, 1.54) is 5.56 Å². The van der Waals surface area contributed by atoms with Gasteiger partial charge in [-0.1, -0.05) is 45.0 Å². The lowest BCUT2D eigenvalue weighted by atomic mass is 9.86. The molecule has 2 rings (SSSR count). The molecule has 0 aliphatic heterocycles. The van der Waals surface area contributed by atoms with E-state index in [4.69, 9.17) is 9.52 Å². The Bertz CT molecular complexity index is 678. The molecule has 0 bridgehead atoms. The summed E-state index contributed by atoms with van der Waals surface area (Å²) >= 11 is 0. The molecule has 1 N–H and O–H groups in total. The Morgan fingerprint density at radius 1 is 1.12 bits per heavy atom. The first-order chi connectivity index (χ1) is 11.2. The van der Waals surface area contributed by atoms with Crippen LogP contribution in [0.25, 0.3) is 11.3 Å². The van der Waals surface area contributed by atoms with Crippen LogP contribution in [0, 0.1) is 0 Å². The summed E-state index contributed by atoms with van der Waals surface area (Å²) in [6.07, 6.45) is 0. The number of hydrogen-bond acceptors (Lipinski definition) is 3. The second-order valence-electron chi connectivity index (χ2n) is 7.49. The second kappa shape index (κ2) is 7.22. The molecule has 0 aliphatic rings. The van der Waals surface area contributed by atoms with Gasteiger partial charge in [-0.25, -0.2) is 0 Å². The van der Waals surface area contributed by atoms with Crippen LogP contribution in [0.4, 0.5) is 0 Å². The number of rotatable bonds is 6. The van der Waals surface area contributed by atoms with Crippen LogP contribution in [0.2, 0.25) is 0 Å². The minimum absolute atomic E-state index is 0.00792. The lowest BCUT2D eigenvalue weighted by molar-refractivity contribution is -0.139. The second-order valence-corrected chi connectivity index (χ2v) is 7.49. The first-order valence-electron chi connectivity index (χ1n) is 8.32. The van der Waals surface area contributed by atoms with Crippen LogP contribution in [-0.2, 0) is 16.8 Å². The summed E-state index contributed by atoms with van der Waals surface area (Å²) in [5.74, 6) is 0.762. The molecule has 0 amide bonds. The number of aliphatic carboxylic acids is 1. The SMILES string of the molecule is CC(C)N(CC(=O)O)Cc1ccc(-c2ccc(C(C)(C)C)cc2)o1. The number of carboxylic acids is 1. The van der Waals surface area contributed by atoms with Crippen molar-refractivity contribution in [2.45, 2.75) is 52.6 Å². The van der Waals surface area contributed by atoms with Crippen molar-refractivity contribution in [3.05, 3.63) is 47.7 Å². The van der Waals surface area contributed by atoms with Crippen molar-refractivity contribution >= 4 is 5.97 Å². The van der Waals surface area contributed by atoms with E-state index < -0.39 is 5.97 Å². The number of carbonyl (C=O) groups is 1. The van der Waals surface area contributed by atoms with E-state index in [9.17, 15) is 4.79 Å². The van der Waals surface area contributed by atoms with Crippen LogP contribution in [0.15, 0.2) is 40.8 Å². The first-order valence-corrected chi connectivity index (χ1v) is 8.32. The number of hydrogen-bond donors (Lipinski definition) is 1. The van der Waals surface area contributed by atoms with Gasteiger partial charge in [0, 0.05) is 11.6 Å². The van der Waals surface area contributed by atoms with E-state index in [2.05, 4.69) is 45.0 Å². The molecular weight excluding hydrogens is 302 g/mol. The molecule has 1 aromatic heterocycles. The molecule has 4 heteroatoms. The molecule has 1 aromatic carbocycles. The fraction of sp³-hybridized carbons (Fsp3) is 0.450. The van der Waals surface area contributed by atoms with Crippen molar-refractivity contribution in [2.24, 2.45) is 0 Å². The molecule has 130 valence electrons. The molecule has 1 heterocycles. The van der Waals surface area contributed by atoms with Crippen LogP contribution in [-0.4, -0.2) is 28.6 Å². The van der Waals surface area contributed by atoms with Crippen molar-refractivity contribution in [1.29, 1.82) is 0 Å². The monoisotopic (exact) mass is 329 g/mol. The maximum absolute atomic E-state index is 11.0. The van der Waals surface area contributed by atoms with Crippen LogP contribution < -0.4 is 0 Å². The Labute approximate surface area is 144 Å². The third-order valence-electron chi connectivity index (χ3n) is 4.12. The van der Waals surface area contributed by atoms with Crippen LogP contribution in [0.3, 0.4) is 0 Å². The Kier molecular flexibility index (Phi) is 5.50. The zero-order valence-corrected chi connectivity index (χ0v) is 15.2. The highest BCUT2D eigenvalue weighted by molar-refractivity contribution is 5.69. The van der Waals surface area contributed by atoms with Gasteiger partial charge in [0.1, 0.15) is 11.5 Å². The van der Waals surface area contributed by atoms with Gasteiger partial charge in [0.15, 0.2) is 0 Å². The summed E-state index contributed by atoms with van der Waals surface area (Å²) in [7, 11) is 0. The lowest BCUT2D eigenvalue weighted by Gasteiger charge is -2.23. The molecular formula is C20H27NO3. The van der Waals surface area contributed by atoms with E-state index in [1.807, 2.05) is 30.9 Å². The Morgan fingerprint density at radius 3 is 2.25 bits per heavy atom. The molecule has 0 saturated heterocycles. The van der Waals surface area contributed by atoms with Gasteiger partial charge in [0.05, 0.1) is 13.1 Å². The minimum atomic E-state index is -0.826. The smallest absolute Gasteiger partial charge is 0.317 e. The standard InChI is InChI=1S/C20H27NO3/c1-14(2)21(13-19(22)23)12-17-10-11-18(24-17)15-6-8-16(9-7-15)20(3,4)5/h6-11,14H,12-13H2,1-5H3,(H,22,23). The number of carboxylic acid groups (broad SMARTS) is 1. The summed E-state index contributed by atoms with van der Waals surface area (Å²) < 4.78 is 5.92. The summed E-state index contributed by atoms with van der Waals surface area (Å²) in [5.41, 5.74) is 2.44. The van der Waals surface area contributed by atoms with Gasteiger partial charge >= 0.3 is 5.97 Å². The van der Waals surface area contributed by atoms with Gasteiger partial charge in [-0.3, -0.25) is 9.69 Å². The average Bonchev–Trinajstić information content (AvgIpc) is 2.94. The molecule has 0 fully saturated rings. The topological polar surface area (TPSA) is 53.7 Å². The molecule has 0 spiro atoms. The van der Waals surface area contributed by atoms with E-state index in [1.54, 1.807) is 0 Å². The molecule has 4 nitrogen and oxygen atoms in total. The third-order valence-corrected chi connectivity index (χ3v) is 4.12. The normalized spacial score (nSPS) is 12.1. The minimum Gasteiger partial charge on any atom is -0.480 e. The quantitative estimate of drug-likeness (QED) is 0.845. The molecule has 0 unspecified atom stereocenters. The summed E-state index contributed by atoms with van der Waals surface area (Å²) in [4.78, 5) is 12.8. The summed E-state index contributed by atoms with van der Waals surface area (Å²) in [6, 6.07) is 12.4. The van der Waals surface area contributed by atoms with Gasteiger partial charge in [-0.15, -0.1) is 0 Å². The van der Waals surface area contributed by atoms with Crippen molar-refractivity contribution in [3.63, 3.8) is 0 Å². The maximum Gasteiger partial charge on any atom is 0.317 e. The fourth-order valence-corrected chi connectivity index (χ4v) is 2.55. The van der Waals surface area contributed by atoms with E-state index in [-0.39, 0.29) is 18.0 Å². The largest absolute Gasteiger partial charge is 0.480 e. The highest BCUT2D eigenvalue weighted by atomic mass is 16.4. The van der Waals surface area contributed by atoms with Gasteiger partial charge in [0.25, 0.3) is 0 Å². The van der Waals surface area contributed by atoms with Crippen molar-refractivity contribution in [1.82, 2.24) is 4.90 Å². The number of benzene rings is 1. The summed E-state index contributed by atoms with van der Waals surface area (Å²) in [6.45, 7) is 11.0. The zero-order valence-electron chi connectivity index (χ0n) is 15.2. The predicted molar refractivity (Wildman–Crippen MR) is 96.0 cm³/mol. The molecule has 0 aliphatic carbocycles. The van der Waals surface area contributed by atoms with Crippen LogP contribution >= 0.6 is 0 Å². The molecule has 24 heavy (non-hydrogen) atoms. The van der Waals surface area contributed by atoms with E-state index in [0.29, 0.717) is 6.54 Å².